The van der Waals surface area contributed by atoms with Gasteiger partial charge in [0.25, 0.3) is 8.32 Å². The first-order chi connectivity index (χ1) is 20.0. The van der Waals surface area contributed by atoms with E-state index in [9.17, 15) is 0 Å². The third-order valence-corrected chi connectivity index (χ3v) is 14.4. The molecule has 3 saturated heterocycles. The summed E-state index contributed by atoms with van der Waals surface area (Å²) in [5.41, 5.74) is 3.98. The molecule has 0 aromatic heterocycles. The van der Waals surface area contributed by atoms with Gasteiger partial charge >= 0.3 is 0 Å². The zero-order valence-electron chi connectivity index (χ0n) is 24.7. The van der Waals surface area contributed by atoms with Gasteiger partial charge in [-0.25, -0.2) is 0 Å². The van der Waals surface area contributed by atoms with E-state index in [1.807, 2.05) is 0 Å². The molecular weight excluding hydrogens is 515 g/mol. The Balaban J connectivity index is 1.27. The van der Waals surface area contributed by atoms with Crippen LogP contribution in [0.25, 0.3) is 5.57 Å². The number of hydrogen-bond donors (Lipinski definition) is 0. The van der Waals surface area contributed by atoms with Gasteiger partial charge in [0.2, 0.25) is 0 Å². The van der Waals surface area contributed by atoms with Crippen molar-refractivity contribution in [1.82, 2.24) is 4.90 Å². The van der Waals surface area contributed by atoms with Crippen LogP contribution in [0.15, 0.2) is 127 Å². The minimum absolute atomic E-state index is 0.00423. The molecule has 3 heteroatoms. The van der Waals surface area contributed by atoms with Crippen LogP contribution in [0.3, 0.4) is 0 Å². The Kier molecular flexibility index (Phi) is 8.12. The number of fused-ring (bicyclic) bond motifs is 3. The third-order valence-electron chi connectivity index (χ3n) is 9.39. The Morgan fingerprint density at radius 3 is 1.68 bits per heavy atom. The summed E-state index contributed by atoms with van der Waals surface area (Å²) < 4.78 is 7.40. The molecule has 0 amide bonds. The van der Waals surface area contributed by atoms with Gasteiger partial charge in [-0.2, -0.15) is 0 Å². The van der Waals surface area contributed by atoms with Gasteiger partial charge in [-0.1, -0.05) is 148 Å². The van der Waals surface area contributed by atoms with Crippen LogP contribution in [0.2, 0.25) is 5.04 Å². The van der Waals surface area contributed by atoms with E-state index >= 15 is 0 Å². The molecule has 0 radical (unpaired) electrons. The number of hydrogen-bond acceptors (Lipinski definition) is 2. The summed E-state index contributed by atoms with van der Waals surface area (Å²) in [5.74, 6) is 1.25. The lowest BCUT2D eigenvalue weighted by atomic mass is 9.74. The molecule has 2 nitrogen and oxygen atoms in total. The van der Waals surface area contributed by atoms with Crippen LogP contribution in [-0.4, -0.2) is 39.0 Å². The molecule has 3 heterocycles. The fourth-order valence-corrected chi connectivity index (χ4v) is 11.9. The molecule has 4 atom stereocenters. The quantitative estimate of drug-likeness (QED) is 0.209. The summed E-state index contributed by atoms with van der Waals surface area (Å²) in [5, 5.41) is 2.74. The highest BCUT2D eigenvalue weighted by Crippen LogP contribution is 2.41. The fourth-order valence-electron chi connectivity index (χ4n) is 7.33. The second-order valence-corrected chi connectivity index (χ2v) is 17.2. The summed E-state index contributed by atoms with van der Waals surface area (Å²) in [6, 6.07) is 44.4. The summed E-state index contributed by atoms with van der Waals surface area (Å²) in [4.78, 5) is 2.73. The summed E-state index contributed by atoms with van der Waals surface area (Å²) in [6.45, 7) is 10.2. The molecule has 0 aliphatic carbocycles. The minimum Gasteiger partial charge on any atom is -0.406 e. The van der Waals surface area contributed by atoms with E-state index in [2.05, 4.69) is 153 Å². The van der Waals surface area contributed by atoms with Crippen LogP contribution in [0.1, 0.15) is 44.7 Å². The van der Waals surface area contributed by atoms with Gasteiger partial charge < -0.3 is 4.43 Å². The predicted octanol–water partition coefficient (Wildman–Crippen LogP) is 7.41. The van der Waals surface area contributed by atoms with Crippen molar-refractivity contribution in [3.05, 3.63) is 139 Å². The largest absolute Gasteiger partial charge is 0.406 e. The Morgan fingerprint density at radius 1 is 0.756 bits per heavy atom. The first-order valence-electron chi connectivity index (χ1n) is 15.3. The van der Waals surface area contributed by atoms with Crippen molar-refractivity contribution in [2.24, 2.45) is 11.8 Å². The maximum Gasteiger partial charge on any atom is 0.261 e. The smallest absolute Gasteiger partial charge is 0.261 e. The Hall–Kier alpha value is -3.24. The van der Waals surface area contributed by atoms with Crippen LogP contribution in [0.5, 0.6) is 0 Å². The van der Waals surface area contributed by atoms with Gasteiger partial charge in [-0.15, -0.1) is 0 Å². The average Bonchev–Trinajstić information content (AvgIpc) is 3.02. The first-order valence-corrected chi connectivity index (χ1v) is 17.2. The lowest BCUT2D eigenvalue weighted by molar-refractivity contribution is -0.00314. The molecule has 41 heavy (non-hydrogen) atoms. The van der Waals surface area contributed by atoms with Crippen LogP contribution in [-0.2, 0) is 4.43 Å². The topological polar surface area (TPSA) is 12.5 Å². The number of benzene rings is 4. The van der Waals surface area contributed by atoms with Crippen LogP contribution < -0.4 is 10.4 Å². The van der Waals surface area contributed by atoms with E-state index in [0.717, 1.165) is 13.2 Å². The maximum atomic E-state index is 7.40. The Morgan fingerprint density at radius 2 is 1.24 bits per heavy atom. The number of nitrogens with zero attached hydrogens (tertiary/aromatic N) is 1. The van der Waals surface area contributed by atoms with Crippen LogP contribution in [0, 0.1) is 11.8 Å². The lowest BCUT2D eigenvalue weighted by Crippen LogP contribution is -2.68. The van der Waals surface area contributed by atoms with Gasteiger partial charge in [0.1, 0.15) is 0 Å². The Bertz CT molecular complexity index is 1350. The highest BCUT2D eigenvalue weighted by molar-refractivity contribution is 6.99. The molecule has 4 aromatic rings. The summed E-state index contributed by atoms with van der Waals surface area (Å²) in [6.07, 6.45) is 5.06. The van der Waals surface area contributed by atoms with Crippen molar-refractivity contribution < 1.29 is 4.43 Å². The van der Waals surface area contributed by atoms with Crippen molar-refractivity contribution in [2.75, 3.05) is 19.7 Å². The molecular formula is C38H43NOSi. The summed E-state index contributed by atoms with van der Waals surface area (Å²) in [7, 11) is -2.53. The van der Waals surface area contributed by atoms with Gasteiger partial charge in [0.05, 0.1) is 6.61 Å². The molecule has 0 N–H and O–H groups in total. The molecule has 3 fully saturated rings. The second-order valence-electron chi connectivity index (χ2n) is 12.9. The molecule has 3 aliphatic heterocycles. The van der Waals surface area contributed by atoms with Crippen molar-refractivity contribution in [2.45, 2.75) is 44.7 Å². The van der Waals surface area contributed by atoms with Crippen molar-refractivity contribution in [3.8, 4) is 0 Å². The number of piperidine rings is 3. The second kappa shape index (κ2) is 11.9. The van der Waals surface area contributed by atoms with Gasteiger partial charge in [-0.05, 0) is 63.3 Å². The molecule has 1 unspecified atom stereocenters. The molecule has 210 valence electrons. The van der Waals surface area contributed by atoms with Crippen molar-refractivity contribution >= 4 is 24.3 Å². The van der Waals surface area contributed by atoms with E-state index in [0.29, 0.717) is 17.9 Å². The van der Waals surface area contributed by atoms with Crippen molar-refractivity contribution in [1.29, 1.82) is 0 Å². The van der Waals surface area contributed by atoms with E-state index in [1.165, 1.54) is 46.5 Å². The Labute approximate surface area is 247 Å². The fraction of sp³-hybridized carbons (Fsp3) is 0.316. The summed E-state index contributed by atoms with van der Waals surface area (Å²) >= 11 is 0. The lowest BCUT2D eigenvalue weighted by Gasteiger charge is -2.51. The molecule has 7 rings (SSSR count). The zero-order chi connectivity index (χ0) is 28.3. The molecule has 3 aliphatic rings. The first kappa shape index (κ1) is 27.9. The van der Waals surface area contributed by atoms with Crippen LogP contribution in [0.4, 0.5) is 0 Å². The van der Waals surface area contributed by atoms with E-state index in [4.69, 9.17) is 4.43 Å². The standard InChI is InChI=1S/C38H43NOSi/c1-38(2,3)41(35-20-12-6-13-21-35,36-22-14-7-15-23-36)40-29-34-26-32-24-25-39(34)28-33(32)27-37(30-16-8-4-9-17-30)31-18-10-5-11-19-31/h4-23,27,32-34H,24-26,28-29H2,1-3H3/t32-,33-,34-/m0/s1. The van der Waals surface area contributed by atoms with E-state index < -0.39 is 8.32 Å². The highest BCUT2D eigenvalue weighted by Gasteiger charge is 2.51. The average molecular weight is 558 g/mol. The molecule has 4 aromatic carbocycles. The van der Waals surface area contributed by atoms with E-state index in [-0.39, 0.29) is 5.04 Å². The van der Waals surface area contributed by atoms with Crippen molar-refractivity contribution in [3.63, 3.8) is 0 Å². The highest BCUT2D eigenvalue weighted by atomic mass is 28.4. The molecule has 2 bridgehead atoms. The normalized spacial score (nSPS) is 22.3. The van der Waals surface area contributed by atoms with E-state index in [1.54, 1.807) is 0 Å². The monoisotopic (exact) mass is 557 g/mol. The predicted molar refractivity (Wildman–Crippen MR) is 175 cm³/mol. The van der Waals surface area contributed by atoms with Gasteiger partial charge in [0.15, 0.2) is 0 Å². The molecule has 0 spiro atoms. The van der Waals surface area contributed by atoms with Gasteiger partial charge in [0, 0.05) is 12.6 Å². The van der Waals surface area contributed by atoms with Gasteiger partial charge in [-0.3, -0.25) is 4.90 Å². The maximum absolute atomic E-state index is 7.40. The number of rotatable bonds is 8. The molecule has 0 saturated carbocycles. The van der Waals surface area contributed by atoms with Crippen LogP contribution >= 0.6 is 0 Å². The SMILES string of the molecule is CC(C)(C)[Si](OC[C@@H]1C[C@@H]2CCN1C[C@@H]2C=C(c1ccccc1)c1ccccc1)(c1ccccc1)c1ccccc1. The zero-order valence-corrected chi connectivity index (χ0v) is 25.7. The third kappa shape index (κ3) is 5.64. The minimum atomic E-state index is -2.53.